The molecular weight excluding hydrogens is 270 g/mol. The number of aromatic nitrogens is 3. The van der Waals surface area contributed by atoms with Gasteiger partial charge >= 0.3 is 0 Å². The standard InChI is InChI=1S/C19H17N3/c1-13-3-5-15(6-4-13)16-9-17-7-14(2)8-18(17)19(10-16)22-11-20-21-12-22/h3-6,8-12H,7H2,1-2H3. The molecule has 3 aromatic rings. The van der Waals surface area contributed by atoms with Gasteiger partial charge in [0.1, 0.15) is 12.7 Å². The zero-order valence-corrected chi connectivity index (χ0v) is 12.7. The monoisotopic (exact) mass is 287 g/mol. The van der Waals surface area contributed by atoms with Crippen molar-refractivity contribution < 1.29 is 0 Å². The fourth-order valence-electron chi connectivity index (χ4n) is 3.06. The maximum atomic E-state index is 3.95. The lowest BCUT2D eigenvalue weighted by Gasteiger charge is -2.12. The summed E-state index contributed by atoms with van der Waals surface area (Å²) >= 11 is 0. The number of nitrogens with zero attached hydrogens (tertiary/aromatic N) is 3. The van der Waals surface area contributed by atoms with E-state index in [1.807, 2.05) is 4.57 Å². The number of allylic oxidation sites excluding steroid dienone is 1. The Kier molecular flexibility index (Phi) is 2.93. The normalized spacial score (nSPS) is 13.1. The van der Waals surface area contributed by atoms with E-state index in [9.17, 15) is 0 Å². The van der Waals surface area contributed by atoms with Gasteiger partial charge < -0.3 is 0 Å². The quantitative estimate of drug-likeness (QED) is 0.707. The SMILES string of the molecule is CC1=Cc2c(cc(-c3ccc(C)cc3)cc2-n2cnnc2)C1. The lowest BCUT2D eigenvalue weighted by atomic mass is 9.97. The second-order valence-electron chi connectivity index (χ2n) is 5.97. The van der Waals surface area contributed by atoms with Gasteiger partial charge in [0.25, 0.3) is 0 Å². The Labute approximate surface area is 130 Å². The van der Waals surface area contributed by atoms with Crippen molar-refractivity contribution in [1.29, 1.82) is 0 Å². The van der Waals surface area contributed by atoms with E-state index in [2.05, 4.69) is 66.5 Å². The number of rotatable bonds is 2. The first-order valence-electron chi connectivity index (χ1n) is 7.47. The molecule has 1 heterocycles. The highest BCUT2D eigenvalue weighted by Gasteiger charge is 2.17. The third-order valence-corrected chi connectivity index (χ3v) is 4.19. The zero-order chi connectivity index (χ0) is 15.1. The number of fused-ring (bicyclic) bond motifs is 1. The molecule has 0 atom stereocenters. The van der Waals surface area contributed by atoms with Gasteiger partial charge in [-0.05, 0) is 43.0 Å². The van der Waals surface area contributed by atoms with Gasteiger partial charge in [0.05, 0.1) is 5.69 Å². The Balaban J connectivity index is 1.91. The van der Waals surface area contributed by atoms with Gasteiger partial charge in [0.15, 0.2) is 0 Å². The molecule has 3 heteroatoms. The molecule has 0 bridgehead atoms. The zero-order valence-electron chi connectivity index (χ0n) is 12.7. The highest BCUT2D eigenvalue weighted by atomic mass is 15.2. The highest BCUT2D eigenvalue weighted by Crippen LogP contribution is 2.34. The van der Waals surface area contributed by atoms with Crippen molar-refractivity contribution in [2.75, 3.05) is 0 Å². The van der Waals surface area contributed by atoms with Gasteiger partial charge in [-0.3, -0.25) is 4.57 Å². The molecule has 0 saturated carbocycles. The molecule has 0 amide bonds. The minimum atomic E-state index is 1.02. The number of hydrogen-bond donors (Lipinski definition) is 0. The fraction of sp³-hybridized carbons (Fsp3) is 0.158. The largest absolute Gasteiger partial charge is 0.288 e. The molecule has 3 nitrogen and oxygen atoms in total. The summed E-state index contributed by atoms with van der Waals surface area (Å²) < 4.78 is 1.99. The van der Waals surface area contributed by atoms with Crippen LogP contribution >= 0.6 is 0 Å². The summed E-state index contributed by atoms with van der Waals surface area (Å²) in [5.74, 6) is 0. The van der Waals surface area contributed by atoms with Crippen LogP contribution in [0, 0.1) is 6.92 Å². The van der Waals surface area contributed by atoms with Gasteiger partial charge in [-0.2, -0.15) is 0 Å². The molecule has 0 unspecified atom stereocenters. The molecule has 0 N–H and O–H groups in total. The second-order valence-corrected chi connectivity index (χ2v) is 5.97. The molecule has 0 radical (unpaired) electrons. The molecule has 0 fully saturated rings. The summed E-state index contributed by atoms with van der Waals surface area (Å²) in [6, 6.07) is 13.2. The predicted octanol–water partition coefficient (Wildman–Crippen LogP) is 4.20. The van der Waals surface area contributed by atoms with E-state index >= 15 is 0 Å². The smallest absolute Gasteiger partial charge is 0.123 e. The maximum Gasteiger partial charge on any atom is 0.123 e. The van der Waals surface area contributed by atoms with E-state index < -0.39 is 0 Å². The Morgan fingerprint density at radius 2 is 1.64 bits per heavy atom. The summed E-state index contributed by atoms with van der Waals surface area (Å²) in [7, 11) is 0. The first kappa shape index (κ1) is 13.0. The molecule has 0 saturated heterocycles. The topological polar surface area (TPSA) is 30.7 Å². The van der Waals surface area contributed by atoms with E-state index in [-0.39, 0.29) is 0 Å². The van der Waals surface area contributed by atoms with Crippen molar-refractivity contribution in [1.82, 2.24) is 14.8 Å². The van der Waals surface area contributed by atoms with Gasteiger partial charge in [-0.15, -0.1) is 10.2 Å². The Morgan fingerprint density at radius 1 is 0.909 bits per heavy atom. The van der Waals surface area contributed by atoms with Crippen molar-refractivity contribution in [3.05, 3.63) is 71.3 Å². The van der Waals surface area contributed by atoms with E-state index in [0.717, 1.165) is 12.1 Å². The van der Waals surface area contributed by atoms with Crippen LogP contribution in [0.5, 0.6) is 0 Å². The predicted molar refractivity (Wildman–Crippen MR) is 88.9 cm³/mol. The van der Waals surface area contributed by atoms with Crippen LogP contribution in [-0.2, 0) is 6.42 Å². The van der Waals surface area contributed by atoms with Crippen LogP contribution in [0.4, 0.5) is 0 Å². The van der Waals surface area contributed by atoms with E-state index in [0.29, 0.717) is 0 Å². The van der Waals surface area contributed by atoms with Crippen molar-refractivity contribution >= 4 is 6.08 Å². The minimum Gasteiger partial charge on any atom is -0.288 e. The molecule has 4 rings (SSSR count). The average Bonchev–Trinajstić information content (AvgIpc) is 3.15. The molecule has 1 aromatic heterocycles. The van der Waals surface area contributed by atoms with Gasteiger partial charge in [-0.1, -0.05) is 47.5 Å². The summed E-state index contributed by atoms with van der Waals surface area (Å²) in [6.45, 7) is 4.30. The van der Waals surface area contributed by atoms with E-state index in [1.165, 1.54) is 33.4 Å². The first-order valence-corrected chi connectivity index (χ1v) is 7.47. The molecule has 1 aliphatic rings. The van der Waals surface area contributed by atoms with Crippen LogP contribution in [0.25, 0.3) is 22.9 Å². The molecule has 0 aliphatic heterocycles. The summed E-state index contributed by atoms with van der Waals surface area (Å²) in [5.41, 5.74) is 8.96. The first-order chi connectivity index (χ1) is 10.7. The summed E-state index contributed by atoms with van der Waals surface area (Å²) in [6.07, 6.45) is 6.81. The average molecular weight is 287 g/mol. The van der Waals surface area contributed by atoms with Crippen LogP contribution in [0.2, 0.25) is 0 Å². The highest BCUT2D eigenvalue weighted by molar-refractivity contribution is 5.78. The van der Waals surface area contributed by atoms with Crippen molar-refractivity contribution in [3.8, 4) is 16.8 Å². The van der Waals surface area contributed by atoms with Crippen LogP contribution in [-0.4, -0.2) is 14.8 Å². The molecular formula is C19H17N3. The molecule has 2 aromatic carbocycles. The Bertz CT molecular complexity index is 856. The van der Waals surface area contributed by atoms with E-state index in [4.69, 9.17) is 0 Å². The Hall–Kier alpha value is -2.68. The second kappa shape index (κ2) is 4.95. The van der Waals surface area contributed by atoms with Crippen LogP contribution < -0.4 is 0 Å². The summed E-state index contributed by atoms with van der Waals surface area (Å²) in [4.78, 5) is 0. The van der Waals surface area contributed by atoms with Gasteiger partial charge in [0.2, 0.25) is 0 Å². The lowest BCUT2D eigenvalue weighted by molar-refractivity contribution is 1.05. The molecule has 22 heavy (non-hydrogen) atoms. The van der Waals surface area contributed by atoms with Crippen LogP contribution in [0.3, 0.4) is 0 Å². The summed E-state index contributed by atoms with van der Waals surface area (Å²) in [5, 5.41) is 7.90. The molecule has 0 spiro atoms. The van der Waals surface area contributed by atoms with Gasteiger partial charge in [0, 0.05) is 5.56 Å². The van der Waals surface area contributed by atoms with E-state index in [1.54, 1.807) is 12.7 Å². The third-order valence-electron chi connectivity index (χ3n) is 4.19. The maximum absolute atomic E-state index is 3.95. The Morgan fingerprint density at radius 3 is 2.36 bits per heavy atom. The number of hydrogen-bond acceptors (Lipinski definition) is 2. The molecule has 1 aliphatic carbocycles. The van der Waals surface area contributed by atoms with Crippen molar-refractivity contribution in [2.24, 2.45) is 0 Å². The van der Waals surface area contributed by atoms with Crippen molar-refractivity contribution in [3.63, 3.8) is 0 Å². The number of aryl methyl sites for hydroxylation is 1. The number of benzene rings is 2. The van der Waals surface area contributed by atoms with Crippen LogP contribution in [0.15, 0.2) is 54.6 Å². The van der Waals surface area contributed by atoms with Gasteiger partial charge in [-0.25, -0.2) is 0 Å². The fourth-order valence-corrected chi connectivity index (χ4v) is 3.06. The molecule has 108 valence electrons. The minimum absolute atomic E-state index is 1.02. The van der Waals surface area contributed by atoms with Crippen LogP contribution in [0.1, 0.15) is 23.6 Å². The third kappa shape index (κ3) is 2.15. The van der Waals surface area contributed by atoms with Crippen molar-refractivity contribution in [2.45, 2.75) is 20.3 Å². The lowest BCUT2D eigenvalue weighted by Crippen LogP contribution is -1.97.